The number of amides is 1. The van der Waals surface area contributed by atoms with Crippen LogP contribution in [0, 0.1) is 6.92 Å². The Bertz CT molecular complexity index is 1640. The van der Waals surface area contributed by atoms with Gasteiger partial charge in [0.1, 0.15) is 22.5 Å². The normalized spacial score (nSPS) is 11.1. The third-order valence-electron chi connectivity index (χ3n) is 5.78. The largest absolute Gasteiger partial charge is 0.497 e. The molecule has 0 saturated heterocycles. The first-order valence-electron chi connectivity index (χ1n) is 11.2. The van der Waals surface area contributed by atoms with Gasteiger partial charge in [-0.3, -0.25) is 9.59 Å². The Labute approximate surface area is 211 Å². The third-order valence-corrected chi connectivity index (χ3v) is 6.71. The van der Waals surface area contributed by atoms with Gasteiger partial charge >= 0.3 is 0 Å². The Morgan fingerprint density at radius 2 is 1.83 bits per heavy atom. The molecule has 0 bridgehead atoms. The highest BCUT2D eigenvalue weighted by Gasteiger charge is 2.20. The van der Waals surface area contributed by atoms with Gasteiger partial charge in [-0.1, -0.05) is 36.0 Å². The van der Waals surface area contributed by atoms with Crippen molar-refractivity contribution in [1.82, 2.24) is 14.5 Å². The minimum atomic E-state index is -0.266. The standard InChI is InChI=1S/C27H24N4O4S/c1-16-8-13-22(35-3)21(14-16)31-26(33)25-24(19-6-4-5-7-20(19)29-25)30-27(31)36-15-23(32)28-17-9-11-18(34-2)12-10-17/h4-14,29H,15H2,1-3H3,(H,28,32). The molecule has 8 nitrogen and oxygen atoms in total. The Morgan fingerprint density at radius 3 is 2.58 bits per heavy atom. The van der Waals surface area contributed by atoms with Gasteiger partial charge in [0, 0.05) is 16.6 Å². The van der Waals surface area contributed by atoms with Crippen LogP contribution in [-0.4, -0.2) is 40.4 Å². The Balaban J connectivity index is 1.57. The van der Waals surface area contributed by atoms with Gasteiger partial charge in [-0.25, -0.2) is 9.55 Å². The molecule has 0 saturated carbocycles. The number of benzene rings is 3. The fourth-order valence-corrected chi connectivity index (χ4v) is 4.83. The lowest BCUT2D eigenvalue weighted by Gasteiger charge is -2.15. The van der Waals surface area contributed by atoms with Crippen LogP contribution in [0.25, 0.3) is 27.6 Å². The molecule has 0 unspecified atom stereocenters. The van der Waals surface area contributed by atoms with Gasteiger partial charge in [-0.05, 0) is 55.0 Å². The summed E-state index contributed by atoms with van der Waals surface area (Å²) in [7, 11) is 3.15. The van der Waals surface area contributed by atoms with Crippen LogP contribution in [0.5, 0.6) is 11.5 Å². The first-order valence-corrected chi connectivity index (χ1v) is 12.2. The minimum Gasteiger partial charge on any atom is -0.497 e. The molecule has 0 spiro atoms. The molecule has 0 aliphatic rings. The molecule has 2 aromatic heterocycles. The van der Waals surface area contributed by atoms with E-state index in [0.29, 0.717) is 39.1 Å². The maximum absolute atomic E-state index is 13.8. The predicted molar refractivity (Wildman–Crippen MR) is 143 cm³/mol. The summed E-state index contributed by atoms with van der Waals surface area (Å²) in [6.45, 7) is 1.94. The third kappa shape index (κ3) is 4.40. The summed E-state index contributed by atoms with van der Waals surface area (Å²) in [5, 5.41) is 4.11. The summed E-state index contributed by atoms with van der Waals surface area (Å²) in [6.07, 6.45) is 0. The Morgan fingerprint density at radius 1 is 1.06 bits per heavy atom. The van der Waals surface area contributed by atoms with Crippen LogP contribution < -0.4 is 20.3 Å². The van der Waals surface area contributed by atoms with Crippen molar-refractivity contribution in [2.45, 2.75) is 12.1 Å². The van der Waals surface area contributed by atoms with E-state index in [9.17, 15) is 9.59 Å². The molecule has 2 heterocycles. The number of fused-ring (bicyclic) bond motifs is 3. The number of hydrogen-bond donors (Lipinski definition) is 2. The monoisotopic (exact) mass is 500 g/mol. The second kappa shape index (κ2) is 9.79. The van der Waals surface area contributed by atoms with Crippen molar-refractivity contribution < 1.29 is 14.3 Å². The molecule has 0 aliphatic carbocycles. The van der Waals surface area contributed by atoms with Gasteiger partial charge < -0.3 is 19.8 Å². The van der Waals surface area contributed by atoms with Crippen LogP contribution >= 0.6 is 11.8 Å². The number of rotatable bonds is 7. The van der Waals surface area contributed by atoms with Crippen LogP contribution in [0.3, 0.4) is 0 Å². The lowest BCUT2D eigenvalue weighted by Crippen LogP contribution is -2.23. The number of para-hydroxylation sites is 1. The highest BCUT2D eigenvalue weighted by Crippen LogP contribution is 2.30. The number of ether oxygens (including phenoxy) is 2. The van der Waals surface area contributed by atoms with E-state index in [4.69, 9.17) is 14.5 Å². The van der Waals surface area contributed by atoms with E-state index in [1.165, 1.54) is 16.3 Å². The topological polar surface area (TPSA) is 98.2 Å². The molecule has 5 rings (SSSR count). The van der Waals surface area contributed by atoms with Gasteiger partial charge in [0.15, 0.2) is 5.16 Å². The van der Waals surface area contributed by atoms with Crippen molar-refractivity contribution in [3.8, 4) is 17.2 Å². The average molecular weight is 501 g/mol. The van der Waals surface area contributed by atoms with Crippen molar-refractivity contribution in [3.63, 3.8) is 0 Å². The van der Waals surface area contributed by atoms with Crippen molar-refractivity contribution >= 4 is 45.3 Å². The van der Waals surface area contributed by atoms with Crippen molar-refractivity contribution in [2.24, 2.45) is 0 Å². The maximum atomic E-state index is 13.8. The SMILES string of the molecule is COc1ccc(NC(=O)CSc2nc3c([nH]c4ccccc43)c(=O)n2-c2cc(C)ccc2OC)cc1. The molecule has 9 heteroatoms. The molecule has 36 heavy (non-hydrogen) atoms. The lowest BCUT2D eigenvalue weighted by molar-refractivity contribution is -0.113. The second-order valence-corrected chi connectivity index (χ2v) is 9.11. The first-order chi connectivity index (χ1) is 17.5. The molecule has 0 fully saturated rings. The van der Waals surface area contributed by atoms with E-state index in [2.05, 4.69) is 10.3 Å². The summed E-state index contributed by atoms with van der Waals surface area (Å²) < 4.78 is 12.2. The number of carbonyl (C=O) groups excluding carboxylic acids is 1. The summed E-state index contributed by atoms with van der Waals surface area (Å²) in [4.78, 5) is 34.6. The molecule has 3 aromatic carbocycles. The number of aromatic nitrogens is 3. The van der Waals surface area contributed by atoms with E-state index in [-0.39, 0.29) is 17.2 Å². The quantitative estimate of drug-likeness (QED) is 0.243. The van der Waals surface area contributed by atoms with Crippen molar-refractivity contribution in [1.29, 1.82) is 0 Å². The number of anilines is 1. The number of thioether (sulfide) groups is 1. The van der Waals surface area contributed by atoms with Crippen LogP contribution in [0.4, 0.5) is 5.69 Å². The first kappa shape index (κ1) is 23.5. The van der Waals surface area contributed by atoms with Crippen molar-refractivity contribution in [3.05, 3.63) is 82.6 Å². The minimum absolute atomic E-state index is 0.0560. The average Bonchev–Trinajstić information content (AvgIpc) is 3.27. The summed E-state index contributed by atoms with van der Waals surface area (Å²) in [5.74, 6) is 1.07. The summed E-state index contributed by atoms with van der Waals surface area (Å²) in [5.41, 5.74) is 3.69. The zero-order valence-corrected chi connectivity index (χ0v) is 20.8. The van der Waals surface area contributed by atoms with Crippen LogP contribution in [0.15, 0.2) is 76.7 Å². The number of H-pyrrole nitrogens is 1. The number of nitrogens with one attached hydrogen (secondary N) is 2. The van der Waals surface area contributed by atoms with Crippen LogP contribution in [-0.2, 0) is 4.79 Å². The summed E-state index contributed by atoms with van der Waals surface area (Å²) >= 11 is 1.19. The molecular formula is C27H24N4O4S. The predicted octanol–water partition coefficient (Wildman–Crippen LogP) is 4.92. The molecule has 182 valence electrons. The van der Waals surface area contributed by atoms with Crippen LogP contribution in [0.2, 0.25) is 0 Å². The summed E-state index contributed by atoms with van der Waals surface area (Å²) in [6, 6.07) is 20.3. The van der Waals surface area contributed by atoms with Gasteiger partial charge in [-0.15, -0.1) is 0 Å². The maximum Gasteiger partial charge on any atom is 0.283 e. The van der Waals surface area contributed by atoms with E-state index in [0.717, 1.165) is 16.5 Å². The molecule has 2 N–H and O–H groups in total. The molecule has 5 aromatic rings. The van der Waals surface area contributed by atoms with Crippen LogP contribution in [0.1, 0.15) is 5.56 Å². The zero-order chi connectivity index (χ0) is 25.2. The number of aromatic amines is 1. The fraction of sp³-hybridized carbons (Fsp3) is 0.148. The van der Waals surface area contributed by atoms with Gasteiger partial charge in [-0.2, -0.15) is 0 Å². The van der Waals surface area contributed by atoms with E-state index < -0.39 is 0 Å². The molecule has 1 amide bonds. The number of aryl methyl sites for hydroxylation is 1. The highest BCUT2D eigenvalue weighted by atomic mass is 32.2. The van der Waals surface area contributed by atoms with Gasteiger partial charge in [0.05, 0.1) is 25.7 Å². The van der Waals surface area contributed by atoms with Crippen molar-refractivity contribution in [2.75, 3.05) is 25.3 Å². The molecular weight excluding hydrogens is 476 g/mol. The second-order valence-electron chi connectivity index (χ2n) is 8.17. The molecule has 0 radical (unpaired) electrons. The highest BCUT2D eigenvalue weighted by molar-refractivity contribution is 7.99. The fourth-order valence-electron chi connectivity index (χ4n) is 4.03. The molecule has 0 aliphatic heterocycles. The number of hydrogen-bond acceptors (Lipinski definition) is 6. The number of methoxy groups -OCH3 is 2. The van der Waals surface area contributed by atoms with Gasteiger partial charge in [0.25, 0.3) is 5.56 Å². The smallest absolute Gasteiger partial charge is 0.283 e. The number of nitrogens with zero attached hydrogens (tertiary/aromatic N) is 2. The van der Waals surface area contributed by atoms with E-state index in [1.807, 2.05) is 49.4 Å². The number of carbonyl (C=O) groups is 1. The lowest BCUT2D eigenvalue weighted by atomic mass is 10.2. The zero-order valence-electron chi connectivity index (χ0n) is 20.0. The van der Waals surface area contributed by atoms with E-state index >= 15 is 0 Å². The van der Waals surface area contributed by atoms with Gasteiger partial charge in [0.2, 0.25) is 5.91 Å². The molecule has 0 atom stereocenters. The Hall–Kier alpha value is -4.24. The Kier molecular flexibility index (Phi) is 6.39. The van der Waals surface area contributed by atoms with E-state index in [1.54, 1.807) is 38.5 Å².